The average molecular weight is 298 g/mol. The topological polar surface area (TPSA) is 35.2 Å². The van der Waals surface area contributed by atoms with Crippen molar-refractivity contribution in [2.24, 2.45) is 5.73 Å². The van der Waals surface area contributed by atoms with Gasteiger partial charge in [0.1, 0.15) is 5.82 Å². The van der Waals surface area contributed by atoms with E-state index in [1.165, 1.54) is 25.3 Å². The van der Waals surface area contributed by atoms with Crippen LogP contribution in [0.2, 0.25) is 5.02 Å². The lowest BCUT2D eigenvalue weighted by Crippen LogP contribution is -2.13. The number of benzene rings is 2. The third-order valence-electron chi connectivity index (χ3n) is 3.04. The zero-order valence-corrected chi connectivity index (χ0v) is 11.6. The second-order valence-corrected chi connectivity index (χ2v) is 4.86. The number of halogens is 3. The number of rotatable bonds is 4. The van der Waals surface area contributed by atoms with Gasteiger partial charge in [0.2, 0.25) is 0 Å². The molecule has 0 aliphatic carbocycles. The quantitative estimate of drug-likeness (QED) is 0.930. The molecule has 2 aromatic carbocycles. The lowest BCUT2D eigenvalue weighted by Gasteiger charge is -2.14. The minimum absolute atomic E-state index is 0.0615. The zero-order chi connectivity index (χ0) is 14.7. The SMILES string of the molecule is COc1cc(C(N)Cc2ccc(F)c(Cl)c2)ccc1F. The Kier molecular flexibility index (Phi) is 4.57. The van der Waals surface area contributed by atoms with Crippen LogP contribution in [0, 0.1) is 11.6 Å². The van der Waals surface area contributed by atoms with Gasteiger partial charge in [-0.1, -0.05) is 23.7 Å². The van der Waals surface area contributed by atoms with Gasteiger partial charge in [0.25, 0.3) is 0 Å². The van der Waals surface area contributed by atoms with Crippen LogP contribution in [-0.2, 0) is 6.42 Å². The number of hydrogen-bond donors (Lipinski definition) is 1. The van der Waals surface area contributed by atoms with Crippen LogP contribution in [0.25, 0.3) is 0 Å². The summed E-state index contributed by atoms with van der Waals surface area (Å²) in [6, 6.07) is 8.59. The van der Waals surface area contributed by atoms with Crippen LogP contribution in [0.3, 0.4) is 0 Å². The van der Waals surface area contributed by atoms with E-state index >= 15 is 0 Å². The van der Waals surface area contributed by atoms with E-state index in [9.17, 15) is 8.78 Å². The lowest BCUT2D eigenvalue weighted by molar-refractivity contribution is 0.385. The summed E-state index contributed by atoms with van der Waals surface area (Å²) in [5.74, 6) is -0.754. The van der Waals surface area contributed by atoms with Gasteiger partial charge in [-0.3, -0.25) is 0 Å². The van der Waals surface area contributed by atoms with Crippen molar-refractivity contribution in [2.45, 2.75) is 12.5 Å². The largest absolute Gasteiger partial charge is 0.494 e. The van der Waals surface area contributed by atoms with Gasteiger partial charge < -0.3 is 10.5 Å². The predicted octanol–water partition coefficient (Wildman–Crippen LogP) is 3.87. The second kappa shape index (κ2) is 6.20. The van der Waals surface area contributed by atoms with Crippen molar-refractivity contribution in [3.63, 3.8) is 0 Å². The minimum Gasteiger partial charge on any atom is -0.494 e. The molecule has 0 fully saturated rings. The summed E-state index contributed by atoms with van der Waals surface area (Å²) >= 11 is 5.73. The normalized spacial score (nSPS) is 12.2. The standard InChI is InChI=1S/C15H14ClF2NO/c1-20-15-8-10(3-5-13(15)18)14(19)7-9-2-4-12(17)11(16)6-9/h2-6,8,14H,7,19H2,1H3. The molecule has 0 heterocycles. The second-order valence-electron chi connectivity index (χ2n) is 4.45. The maximum absolute atomic E-state index is 13.3. The average Bonchev–Trinajstić information content (AvgIpc) is 2.43. The smallest absolute Gasteiger partial charge is 0.165 e. The predicted molar refractivity (Wildman–Crippen MR) is 75.0 cm³/mol. The van der Waals surface area contributed by atoms with Crippen LogP contribution in [0.4, 0.5) is 8.78 Å². The van der Waals surface area contributed by atoms with Gasteiger partial charge >= 0.3 is 0 Å². The molecule has 2 N–H and O–H groups in total. The Morgan fingerprint density at radius 3 is 2.50 bits per heavy atom. The number of ether oxygens (including phenoxy) is 1. The van der Waals surface area contributed by atoms with E-state index in [4.69, 9.17) is 22.1 Å². The Morgan fingerprint density at radius 2 is 1.85 bits per heavy atom. The highest BCUT2D eigenvalue weighted by Gasteiger charge is 2.12. The van der Waals surface area contributed by atoms with Crippen LogP contribution < -0.4 is 10.5 Å². The van der Waals surface area contributed by atoms with E-state index in [2.05, 4.69) is 0 Å². The highest BCUT2D eigenvalue weighted by atomic mass is 35.5. The summed E-state index contributed by atoms with van der Waals surface area (Å²) < 4.78 is 31.3. The minimum atomic E-state index is -0.465. The highest BCUT2D eigenvalue weighted by molar-refractivity contribution is 6.30. The summed E-state index contributed by atoms with van der Waals surface area (Å²) in [6.07, 6.45) is 0.467. The Morgan fingerprint density at radius 1 is 1.15 bits per heavy atom. The summed E-state index contributed by atoms with van der Waals surface area (Å²) in [6.45, 7) is 0. The van der Waals surface area contributed by atoms with Crippen molar-refractivity contribution < 1.29 is 13.5 Å². The molecule has 20 heavy (non-hydrogen) atoms. The Bertz CT molecular complexity index is 619. The fourth-order valence-electron chi connectivity index (χ4n) is 1.95. The van der Waals surface area contributed by atoms with Crippen LogP contribution in [-0.4, -0.2) is 7.11 Å². The first-order chi connectivity index (χ1) is 9.51. The first-order valence-electron chi connectivity index (χ1n) is 6.04. The fraction of sp³-hybridized carbons (Fsp3) is 0.200. The molecule has 2 aromatic rings. The van der Waals surface area contributed by atoms with Crippen LogP contribution >= 0.6 is 11.6 Å². The maximum atomic E-state index is 13.3. The third-order valence-corrected chi connectivity index (χ3v) is 3.33. The van der Waals surface area contributed by atoms with Crippen LogP contribution in [0.1, 0.15) is 17.2 Å². The molecule has 106 valence electrons. The van der Waals surface area contributed by atoms with Gasteiger partial charge in [-0.25, -0.2) is 8.78 Å². The van der Waals surface area contributed by atoms with Gasteiger partial charge in [0.05, 0.1) is 12.1 Å². The van der Waals surface area contributed by atoms with Crippen molar-refractivity contribution in [1.29, 1.82) is 0 Å². The van der Waals surface area contributed by atoms with Gasteiger partial charge in [-0.05, 0) is 41.8 Å². The van der Waals surface area contributed by atoms with Crippen molar-refractivity contribution in [3.05, 3.63) is 64.2 Å². The lowest BCUT2D eigenvalue weighted by atomic mass is 9.99. The molecule has 5 heteroatoms. The molecule has 0 aromatic heterocycles. The molecule has 0 saturated carbocycles. The first-order valence-corrected chi connectivity index (χ1v) is 6.42. The van der Waals surface area contributed by atoms with Gasteiger partial charge in [0.15, 0.2) is 11.6 Å². The molecule has 0 aliphatic heterocycles. The van der Waals surface area contributed by atoms with Crippen molar-refractivity contribution in [1.82, 2.24) is 0 Å². The summed E-state index contributed by atoms with van der Waals surface area (Å²) in [7, 11) is 1.40. The molecule has 0 aliphatic rings. The van der Waals surface area contributed by atoms with E-state index in [-0.39, 0.29) is 16.8 Å². The van der Waals surface area contributed by atoms with E-state index in [0.29, 0.717) is 6.42 Å². The molecule has 0 radical (unpaired) electrons. The van der Waals surface area contributed by atoms with Crippen LogP contribution in [0.5, 0.6) is 5.75 Å². The molecule has 0 bridgehead atoms. The van der Waals surface area contributed by atoms with E-state index < -0.39 is 11.6 Å². The molecule has 0 amide bonds. The Hall–Kier alpha value is -1.65. The highest BCUT2D eigenvalue weighted by Crippen LogP contribution is 2.25. The van der Waals surface area contributed by atoms with E-state index in [1.54, 1.807) is 18.2 Å². The van der Waals surface area contributed by atoms with Crippen LogP contribution in [0.15, 0.2) is 36.4 Å². The van der Waals surface area contributed by atoms with Gasteiger partial charge in [-0.2, -0.15) is 0 Å². The van der Waals surface area contributed by atoms with Gasteiger partial charge in [-0.15, -0.1) is 0 Å². The number of methoxy groups -OCH3 is 1. The first kappa shape index (κ1) is 14.8. The van der Waals surface area contributed by atoms with Crippen molar-refractivity contribution in [3.8, 4) is 5.75 Å². The molecule has 0 saturated heterocycles. The monoisotopic (exact) mass is 297 g/mol. The van der Waals surface area contributed by atoms with Crippen molar-refractivity contribution in [2.75, 3.05) is 7.11 Å². The number of hydrogen-bond acceptors (Lipinski definition) is 2. The van der Waals surface area contributed by atoms with E-state index in [1.807, 2.05) is 0 Å². The maximum Gasteiger partial charge on any atom is 0.165 e. The third kappa shape index (κ3) is 3.26. The summed E-state index contributed by atoms with van der Waals surface area (Å²) in [4.78, 5) is 0. The zero-order valence-electron chi connectivity index (χ0n) is 10.9. The Labute approximate surface area is 121 Å². The van der Waals surface area contributed by atoms with Crippen molar-refractivity contribution >= 4 is 11.6 Å². The fourth-order valence-corrected chi connectivity index (χ4v) is 2.15. The van der Waals surface area contributed by atoms with E-state index in [0.717, 1.165) is 11.1 Å². The number of nitrogens with two attached hydrogens (primary N) is 1. The summed E-state index contributed by atoms with van der Waals surface area (Å²) in [5.41, 5.74) is 7.63. The summed E-state index contributed by atoms with van der Waals surface area (Å²) in [5, 5.41) is 0.0615. The van der Waals surface area contributed by atoms with Gasteiger partial charge in [0, 0.05) is 6.04 Å². The molecule has 2 nitrogen and oxygen atoms in total. The molecule has 1 unspecified atom stereocenters. The molecular formula is C15H14ClF2NO. The molecule has 2 rings (SSSR count). The Balaban J connectivity index is 2.19. The molecular weight excluding hydrogens is 284 g/mol. The molecule has 0 spiro atoms. The molecule has 1 atom stereocenters.